The number of anilines is 1. The van der Waals surface area contributed by atoms with Gasteiger partial charge < -0.3 is 10.2 Å². The van der Waals surface area contributed by atoms with Gasteiger partial charge in [-0.1, -0.05) is 11.8 Å². The number of aromatic nitrogens is 2. The quantitative estimate of drug-likeness (QED) is 0.481. The third-order valence-corrected chi connectivity index (χ3v) is 4.70. The standard InChI is InChI=1S/C12H14N4O3S2/c1-19-10-11(16-13)14-7-15-12(10)20-8-3-5-9(6-4-8)21(2,17)18/h3-7H,13H2,1-2H3,(H,14,15,16). The maximum Gasteiger partial charge on any atom is 0.195 e. The van der Waals surface area contributed by atoms with E-state index in [9.17, 15) is 8.42 Å². The molecule has 0 saturated carbocycles. The van der Waals surface area contributed by atoms with Crippen LogP contribution >= 0.6 is 11.8 Å². The summed E-state index contributed by atoms with van der Waals surface area (Å²) < 4.78 is 28.1. The normalized spacial score (nSPS) is 11.2. The second-order valence-electron chi connectivity index (χ2n) is 4.05. The second-order valence-corrected chi connectivity index (χ2v) is 7.13. The van der Waals surface area contributed by atoms with Crippen LogP contribution in [-0.4, -0.2) is 31.8 Å². The molecule has 21 heavy (non-hydrogen) atoms. The number of nitrogens with zero attached hydrogens (tertiary/aromatic N) is 2. The Hall–Kier alpha value is -1.84. The van der Waals surface area contributed by atoms with Gasteiger partial charge in [-0.2, -0.15) is 0 Å². The van der Waals surface area contributed by atoms with Crippen molar-refractivity contribution >= 4 is 27.4 Å². The summed E-state index contributed by atoms with van der Waals surface area (Å²) in [6.45, 7) is 0. The Morgan fingerprint density at radius 2 is 1.90 bits per heavy atom. The van der Waals surface area contributed by atoms with Crippen LogP contribution in [0.5, 0.6) is 5.75 Å². The molecule has 0 aliphatic carbocycles. The van der Waals surface area contributed by atoms with Gasteiger partial charge in [-0.25, -0.2) is 24.2 Å². The number of nitrogens with one attached hydrogen (secondary N) is 1. The number of nitrogen functional groups attached to an aromatic ring is 1. The second kappa shape index (κ2) is 6.29. The highest BCUT2D eigenvalue weighted by atomic mass is 32.2. The first kappa shape index (κ1) is 15.5. The van der Waals surface area contributed by atoms with Crippen LogP contribution < -0.4 is 16.0 Å². The third kappa shape index (κ3) is 3.63. The average Bonchev–Trinajstić information content (AvgIpc) is 2.46. The van der Waals surface area contributed by atoms with Crippen LogP contribution in [0.25, 0.3) is 0 Å². The molecule has 2 rings (SSSR count). The zero-order valence-corrected chi connectivity index (χ0v) is 13.0. The molecule has 112 valence electrons. The number of hydrogen-bond acceptors (Lipinski definition) is 8. The maximum atomic E-state index is 11.4. The molecule has 0 radical (unpaired) electrons. The van der Waals surface area contributed by atoms with E-state index in [1.807, 2.05) is 0 Å². The summed E-state index contributed by atoms with van der Waals surface area (Å²) in [6, 6.07) is 6.51. The van der Waals surface area contributed by atoms with Crippen LogP contribution in [0.3, 0.4) is 0 Å². The summed E-state index contributed by atoms with van der Waals surface area (Å²) in [4.78, 5) is 9.18. The van der Waals surface area contributed by atoms with Gasteiger partial charge in [0.2, 0.25) is 0 Å². The molecule has 2 aromatic rings. The number of rotatable bonds is 5. The molecule has 0 bridgehead atoms. The number of ether oxygens (including phenoxy) is 1. The fraction of sp³-hybridized carbons (Fsp3) is 0.167. The van der Waals surface area contributed by atoms with Crippen molar-refractivity contribution in [2.75, 3.05) is 18.8 Å². The first-order chi connectivity index (χ1) is 9.95. The van der Waals surface area contributed by atoms with Gasteiger partial charge in [-0.05, 0) is 24.3 Å². The van der Waals surface area contributed by atoms with Crippen molar-refractivity contribution in [1.29, 1.82) is 0 Å². The summed E-state index contributed by atoms with van der Waals surface area (Å²) in [5.74, 6) is 6.17. The maximum absolute atomic E-state index is 11.4. The van der Waals surface area contributed by atoms with Crippen molar-refractivity contribution < 1.29 is 13.2 Å². The van der Waals surface area contributed by atoms with E-state index in [0.717, 1.165) is 4.90 Å². The Labute approximate surface area is 126 Å². The van der Waals surface area contributed by atoms with Crippen LogP contribution in [0.15, 0.2) is 45.4 Å². The van der Waals surface area contributed by atoms with E-state index >= 15 is 0 Å². The Morgan fingerprint density at radius 1 is 1.24 bits per heavy atom. The molecule has 1 aromatic heterocycles. The summed E-state index contributed by atoms with van der Waals surface area (Å²) in [5, 5.41) is 0.576. The van der Waals surface area contributed by atoms with Crippen molar-refractivity contribution in [3.8, 4) is 5.75 Å². The molecular weight excluding hydrogens is 312 g/mol. The van der Waals surface area contributed by atoms with Crippen molar-refractivity contribution in [2.24, 2.45) is 5.84 Å². The van der Waals surface area contributed by atoms with Crippen molar-refractivity contribution in [3.63, 3.8) is 0 Å². The monoisotopic (exact) mass is 326 g/mol. The molecule has 0 spiro atoms. The molecule has 0 aliphatic rings. The highest BCUT2D eigenvalue weighted by Gasteiger charge is 2.13. The molecule has 1 heterocycles. The zero-order valence-electron chi connectivity index (χ0n) is 11.4. The molecular formula is C12H14N4O3S2. The lowest BCUT2D eigenvalue weighted by Gasteiger charge is -2.10. The summed E-state index contributed by atoms with van der Waals surface area (Å²) >= 11 is 1.32. The molecule has 3 N–H and O–H groups in total. The van der Waals surface area contributed by atoms with E-state index in [4.69, 9.17) is 10.6 Å². The Bertz CT molecular complexity index is 733. The van der Waals surface area contributed by atoms with Gasteiger partial charge in [0.05, 0.1) is 12.0 Å². The average molecular weight is 326 g/mol. The van der Waals surface area contributed by atoms with Crippen molar-refractivity contribution in [1.82, 2.24) is 9.97 Å². The topological polar surface area (TPSA) is 107 Å². The minimum absolute atomic E-state index is 0.269. The Morgan fingerprint density at radius 3 is 2.43 bits per heavy atom. The van der Waals surface area contributed by atoms with E-state index in [2.05, 4.69) is 15.4 Å². The van der Waals surface area contributed by atoms with Gasteiger partial charge in [-0.3, -0.25) is 0 Å². The van der Waals surface area contributed by atoms with Gasteiger partial charge in [0.25, 0.3) is 0 Å². The summed E-state index contributed by atoms with van der Waals surface area (Å²) in [6.07, 6.45) is 2.53. The van der Waals surface area contributed by atoms with E-state index < -0.39 is 9.84 Å². The smallest absolute Gasteiger partial charge is 0.195 e. The molecule has 1 aromatic carbocycles. The van der Waals surface area contributed by atoms with Crippen LogP contribution in [-0.2, 0) is 9.84 Å². The van der Waals surface area contributed by atoms with E-state index in [-0.39, 0.29) is 4.90 Å². The number of benzene rings is 1. The number of sulfone groups is 1. The predicted octanol–water partition coefficient (Wildman–Crippen LogP) is 1.33. The summed E-state index contributed by atoms with van der Waals surface area (Å²) in [7, 11) is -1.71. The van der Waals surface area contributed by atoms with Crippen molar-refractivity contribution in [2.45, 2.75) is 14.8 Å². The molecule has 0 saturated heterocycles. The molecule has 0 amide bonds. The first-order valence-corrected chi connectivity index (χ1v) is 8.50. The lowest BCUT2D eigenvalue weighted by atomic mass is 10.4. The number of nitrogens with two attached hydrogens (primary N) is 1. The molecule has 9 heteroatoms. The Kier molecular flexibility index (Phi) is 4.66. The van der Waals surface area contributed by atoms with E-state index in [0.29, 0.717) is 16.6 Å². The lowest BCUT2D eigenvalue weighted by molar-refractivity contribution is 0.400. The molecule has 0 aliphatic heterocycles. The van der Waals surface area contributed by atoms with Gasteiger partial charge in [0.15, 0.2) is 21.4 Å². The third-order valence-electron chi connectivity index (χ3n) is 2.58. The zero-order chi connectivity index (χ0) is 15.5. The van der Waals surface area contributed by atoms with Gasteiger partial charge in [0.1, 0.15) is 11.4 Å². The van der Waals surface area contributed by atoms with E-state index in [1.54, 1.807) is 24.3 Å². The highest BCUT2D eigenvalue weighted by molar-refractivity contribution is 7.99. The number of methoxy groups -OCH3 is 1. The first-order valence-electron chi connectivity index (χ1n) is 5.79. The minimum atomic E-state index is -3.20. The highest BCUT2D eigenvalue weighted by Crippen LogP contribution is 2.36. The molecule has 0 fully saturated rings. The lowest BCUT2D eigenvalue weighted by Crippen LogP contribution is -2.10. The summed E-state index contributed by atoms with van der Waals surface area (Å²) in [5.41, 5.74) is 2.43. The number of hydrogen-bond donors (Lipinski definition) is 2. The van der Waals surface area contributed by atoms with E-state index in [1.165, 1.54) is 31.5 Å². The van der Waals surface area contributed by atoms with Gasteiger partial charge in [0, 0.05) is 11.2 Å². The predicted molar refractivity (Wildman–Crippen MR) is 80.1 cm³/mol. The molecule has 0 atom stereocenters. The molecule has 7 nitrogen and oxygen atoms in total. The fourth-order valence-electron chi connectivity index (χ4n) is 1.58. The molecule has 0 unspecified atom stereocenters. The van der Waals surface area contributed by atoms with Crippen LogP contribution in [0.2, 0.25) is 0 Å². The SMILES string of the molecule is COc1c(NN)ncnc1Sc1ccc(S(C)(=O)=O)cc1. The van der Waals surface area contributed by atoms with Crippen LogP contribution in [0.1, 0.15) is 0 Å². The van der Waals surface area contributed by atoms with Gasteiger partial charge >= 0.3 is 0 Å². The van der Waals surface area contributed by atoms with Crippen molar-refractivity contribution in [3.05, 3.63) is 30.6 Å². The Balaban J connectivity index is 2.30. The largest absolute Gasteiger partial charge is 0.490 e. The van der Waals surface area contributed by atoms with Crippen LogP contribution in [0.4, 0.5) is 5.82 Å². The minimum Gasteiger partial charge on any atom is -0.490 e. The van der Waals surface area contributed by atoms with Crippen LogP contribution in [0, 0.1) is 0 Å². The fourth-order valence-corrected chi connectivity index (χ4v) is 3.08. The van der Waals surface area contributed by atoms with Gasteiger partial charge in [-0.15, -0.1) is 0 Å². The number of hydrazine groups is 1.